The lowest BCUT2D eigenvalue weighted by Gasteiger charge is -2.11. The Bertz CT molecular complexity index is 769. The molecule has 0 spiro atoms. The van der Waals surface area contributed by atoms with Gasteiger partial charge in [0, 0.05) is 11.6 Å². The highest BCUT2D eigenvalue weighted by Crippen LogP contribution is 2.33. The number of rotatable bonds is 3. The second-order valence-electron chi connectivity index (χ2n) is 4.44. The number of hydrogen-bond acceptors (Lipinski definition) is 2. The molecule has 3 aromatic rings. The second-order valence-corrected chi connectivity index (χ2v) is 6.15. The van der Waals surface area contributed by atoms with E-state index in [9.17, 15) is 0 Å². The van der Waals surface area contributed by atoms with Crippen molar-refractivity contribution >= 4 is 31.9 Å². The lowest BCUT2D eigenvalue weighted by molar-refractivity contribution is 0.412. The smallest absolute Gasteiger partial charge is 0.135 e. The van der Waals surface area contributed by atoms with E-state index < -0.39 is 0 Å². The summed E-state index contributed by atoms with van der Waals surface area (Å²) >= 11 is 7.05. The van der Waals surface area contributed by atoms with E-state index in [1.807, 2.05) is 41.1 Å². The van der Waals surface area contributed by atoms with E-state index in [-0.39, 0.29) is 0 Å². The number of methoxy groups -OCH3 is 1. The van der Waals surface area contributed by atoms with Crippen molar-refractivity contribution in [2.45, 2.75) is 0 Å². The minimum atomic E-state index is 0.776. The van der Waals surface area contributed by atoms with Gasteiger partial charge in [-0.2, -0.15) is 5.10 Å². The first-order valence-corrected chi connectivity index (χ1v) is 7.92. The fourth-order valence-corrected chi connectivity index (χ4v) is 3.06. The van der Waals surface area contributed by atoms with Crippen molar-refractivity contribution in [1.29, 1.82) is 0 Å². The molecule has 1 heterocycles. The highest BCUT2D eigenvalue weighted by Gasteiger charge is 2.13. The summed E-state index contributed by atoms with van der Waals surface area (Å²) in [4.78, 5) is 0. The van der Waals surface area contributed by atoms with Crippen LogP contribution in [0.4, 0.5) is 0 Å². The van der Waals surface area contributed by atoms with Gasteiger partial charge in [-0.15, -0.1) is 0 Å². The van der Waals surface area contributed by atoms with Crippen LogP contribution >= 0.6 is 31.9 Å². The normalized spacial score (nSPS) is 10.6. The summed E-state index contributed by atoms with van der Waals surface area (Å²) in [5.74, 6) is 0.776. The second kappa shape index (κ2) is 6.03. The quantitative estimate of drug-likeness (QED) is 0.605. The molecule has 0 aliphatic rings. The zero-order valence-corrected chi connectivity index (χ0v) is 14.4. The average Bonchev–Trinajstić information content (AvgIpc) is 2.90. The van der Waals surface area contributed by atoms with Gasteiger partial charge in [0.25, 0.3) is 0 Å². The Morgan fingerprint density at radius 3 is 2.48 bits per heavy atom. The molecule has 0 N–H and O–H groups in total. The summed E-state index contributed by atoms with van der Waals surface area (Å²) in [5.41, 5.74) is 3.06. The molecule has 0 radical (unpaired) electrons. The van der Waals surface area contributed by atoms with Crippen molar-refractivity contribution < 1.29 is 4.74 Å². The first-order chi connectivity index (χ1) is 10.2. The molecule has 0 aliphatic heterocycles. The zero-order valence-electron chi connectivity index (χ0n) is 11.3. The van der Waals surface area contributed by atoms with Gasteiger partial charge in [-0.05, 0) is 44.0 Å². The van der Waals surface area contributed by atoms with E-state index in [1.54, 1.807) is 13.3 Å². The molecule has 0 fully saturated rings. The summed E-state index contributed by atoms with van der Waals surface area (Å²) in [6, 6.07) is 16.1. The van der Waals surface area contributed by atoms with Crippen molar-refractivity contribution in [3.63, 3.8) is 0 Å². The minimum absolute atomic E-state index is 0.776. The maximum absolute atomic E-state index is 5.36. The van der Waals surface area contributed by atoms with Gasteiger partial charge in [-0.3, -0.25) is 0 Å². The van der Waals surface area contributed by atoms with Crippen LogP contribution in [0.3, 0.4) is 0 Å². The predicted molar refractivity (Wildman–Crippen MR) is 91.0 cm³/mol. The number of benzene rings is 2. The van der Waals surface area contributed by atoms with Gasteiger partial charge >= 0.3 is 0 Å². The van der Waals surface area contributed by atoms with E-state index in [0.717, 1.165) is 31.6 Å². The molecule has 0 bridgehead atoms. The van der Waals surface area contributed by atoms with Crippen molar-refractivity contribution in [2.75, 3.05) is 7.11 Å². The molecule has 0 saturated heterocycles. The minimum Gasteiger partial charge on any atom is -0.495 e. The molecule has 3 nitrogen and oxygen atoms in total. The molecule has 106 valence electrons. The van der Waals surface area contributed by atoms with E-state index in [0.29, 0.717) is 0 Å². The fraction of sp³-hybridized carbons (Fsp3) is 0.0625. The Morgan fingerprint density at radius 2 is 1.76 bits per heavy atom. The van der Waals surface area contributed by atoms with Crippen LogP contribution in [0.2, 0.25) is 0 Å². The molecule has 3 rings (SSSR count). The third-order valence-corrected chi connectivity index (χ3v) is 4.39. The molecule has 0 aliphatic carbocycles. The molecule has 2 aromatic carbocycles. The maximum atomic E-state index is 5.36. The number of aromatic nitrogens is 2. The highest BCUT2D eigenvalue weighted by atomic mass is 79.9. The van der Waals surface area contributed by atoms with E-state index in [4.69, 9.17) is 4.74 Å². The van der Waals surface area contributed by atoms with Gasteiger partial charge in [0.15, 0.2) is 0 Å². The molecule has 5 heteroatoms. The first kappa shape index (κ1) is 14.4. The monoisotopic (exact) mass is 406 g/mol. The van der Waals surface area contributed by atoms with Gasteiger partial charge < -0.3 is 4.74 Å². The Balaban J connectivity index is 2.17. The Labute approximate surface area is 139 Å². The summed E-state index contributed by atoms with van der Waals surface area (Å²) in [6.45, 7) is 0. The summed E-state index contributed by atoms with van der Waals surface area (Å²) in [6.07, 6.45) is 1.80. The Kier molecular flexibility index (Phi) is 4.12. The van der Waals surface area contributed by atoms with Crippen LogP contribution < -0.4 is 4.74 Å². The lowest BCUT2D eigenvalue weighted by Crippen LogP contribution is -2.00. The van der Waals surface area contributed by atoms with Crippen LogP contribution in [0.15, 0.2) is 63.7 Å². The molecular weight excluding hydrogens is 396 g/mol. The lowest BCUT2D eigenvalue weighted by atomic mass is 10.1. The van der Waals surface area contributed by atoms with Crippen LogP contribution in [-0.4, -0.2) is 16.9 Å². The summed E-state index contributed by atoms with van der Waals surface area (Å²) < 4.78 is 9.13. The molecule has 1 aromatic heterocycles. The first-order valence-electron chi connectivity index (χ1n) is 6.33. The number of ether oxygens (including phenoxy) is 1. The molecule has 0 atom stereocenters. The van der Waals surface area contributed by atoms with E-state index >= 15 is 0 Å². The van der Waals surface area contributed by atoms with Crippen LogP contribution in [0.5, 0.6) is 5.75 Å². The number of nitrogens with zero attached hydrogens (tertiary/aromatic N) is 2. The number of halogens is 2. The third kappa shape index (κ3) is 2.76. The average molecular weight is 408 g/mol. The van der Waals surface area contributed by atoms with Crippen molar-refractivity contribution in [1.82, 2.24) is 9.78 Å². The Hall–Kier alpha value is -1.59. The van der Waals surface area contributed by atoms with E-state index in [2.05, 4.69) is 49.1 Å². The predicted octanol–water partition coefficient (Wildman–Crippen LogP) is 5.07. The third-order valence-electron chi connectivity index (χ3n) is 3.15. The summed E-state index contributed by atoms with van der Waals surface area (Å²) in [5, 5.41) is 4.47. The van der Waals surface area contributed by atoms with Crippen LogP contribution in [0.1, 0.15) is 0 Å². The van der Waals surface area contributed by atoms with Gasteiger partial charge in [0.2, 0.25) is 0 Å². The SMILES string of the molecule is COc1cc(-n2ncc(Br)c2-c2ccccc2)ccc1Br. The van der Waals surface area contributed by atoms with Crippen molar-refractivity contribution in [2.24, 2.45) is 0 Å². The molecule has 0 unspecified atom stereocenters. The van der Waals surface area contributed by atoms with E-state index in [1.165, 1.54) is 0 Å². The number of hydrogen-bond donors (Lipinski definition) is 0. The molecular formula is C16H12Br2N2O. The fourth-order valence-electron chi connectivity index (χ4n) is 2.16. The highest BCUT2D eigenvalue weighted by molar-refractivity contribution is 9.11. The maximum Gasteiger partial charge on any atom is 0.135 e. The van der Waals surface area contributed by atoms with Gasteiger partial charge in [0.05, 0.1) is 33.6 Å². The summed E-state index contributed by atoms with van der Waals surface area (Å²) in [7, 11) is 1.65. The van der Waals surface area contributed by atoms with Crippen LogP contribution in [0, 0.1) is 0 Å². The molecule has 21 heavy (non-hydrogen) atoms. The topological polar surface area (TPSA) is 27.1 Å². The zero-order chi connectivity index (χ0) is 14.8. The van der Waals surface area contributed by atoms with Gasteiger partial charge in [-0.25, -0.2) is 4.68 Å². The van der Waals surface area contributed by atoms with Crippen LogP contribution in [0.25, 0.3) is 16.9 Å². The van der Waals surface area contributed by atoms with Crippen molar-refractivity contribution in [3.8, 4) is 22.7 Å². The molecule has 0 amide bonds. The van der Waals surface area contributed by atoms with Gasteiger partial charge in [-0.1, -0.05) is 30.3 Å². The van der Waals surface area contributed by atoms with Gasteiger partial charge in [0.1, 0.15) is 5.75 Å². The van der Waals surface area contributed by atoms with Crippen molar-refractivity contribution in [3.05, 3.63) is 63.7 Å². The molecule has 0 saturated carbocycles. The van der Waals surface area contributed by atoms with Crippen LogP contribution in [-0.2, 0) is 0 Å². The largest absolute Gasteiger partial charge is 0.495 e. The standard InChI is InChI=1S/C16H12Br2N2O/c1-21-15-9-12(7-8-13(15)17)20-16(14(18)10-19-20)11-5-3-2-4-6-11/h2-10H,1H3. The Morgan fingerprint density at radius 1 is 1.00 bits per heavy atom.